The van der Waals surface area contributed by atoms with Crippen LogP contribution >= 0.6 is 11.6 Å². The monoisotopic (exact) mass is 514 g/mol. The number of halogens is 4. The summed E-state index contributed by atoms with van der Waals surface area (Å²) in [7, 11) is 0. The number of amides is 1. The second kappa shape index (κ2) is 9.54. The first-order valence-electron chi connectivity index (χ1n) is 10.8. The van der Waals surface area contributed by atoms with Gasteiger partial charge in [0.15, 0.2) is 0 Å². The highest BCUT2D eigenvalue weighted by atomic mass is 35.5. The first-order valence-corrected chi connectivity index (χ1v) is 11.2. The van der Waals surface area contributed by atoms with Crippen LogP contribution in [0.2, 0.25) is 5.02 Å². The number of aliphatic imine (C=N–C) groups is 1. The lowest BCUT2D eigenvalue weighted by atomic mass is 10.1. The van der Waals surface area contributed by atoms with Gasteiger partial charge in [-0.3, -0.25) is 14.8 Å². The van der Waals surface area contributed by atoms with Gasteiger partial charge in [-0.2, -0.15) is 13.2 Å². The summed E-state index contributed by atoms with van der Waals surface area (Å²) >= 11 is 5.65. The van der Waals surface area contributed by atoms with Crippen molar-refractivity contribution in [2.45, 2.75) is 6.18 Å². The standard InChI is InChI=1S/C25H18ClF3N4O3/c26-20-3-1-16(11-19(20)25(27,28)29)33-24(34)15-9-14-10-17(2-4-22(14)35-13-15)36-18-5-6-30-21(12-18)23-31-7-8-32-23/h1-6,9-12H,7-8,13H2,(H,31,32)(H,33,34). The zero-order chi connectivity index (χ0) is 25.3. The molecule has 2 aliphatic heterocycles. The van der Waals surface area contributed by atoms with E-state index in [1.807, 2.05) is 0 Å². The summed E-state index contributed by atoms with van der Waals surface area (Å²) in [5.41, 5.74) is 0.432. The van der Waals surface area contributed by atoms with Gasteiger partial charge < -0.3 is 20.1 Å². The van der Waals surface area contributed by atoms with Crippen LogP contribution in [0.15, 0.2) is 65.3 Å². The Bertz CT molecular complexity index is 1410. The van der Waals surface area contributed by atoms with Gasteiger partial charge in [0.2, 0.25) is 0 Å². The van der Waals surface area contributed by atoms with Gasteiger partial charge in [-0.05, 0) is 48.5 Å². The first-order chi connectivity index (χ1) is 17.3. The van der Waals surface area contributed by atoms with Crippen molar-refractivity contribution in [3.8, 4) is 17.2 Å². The third kappa shape index (κ3) is 5.13. The summed E-state index contributed by atoms with van der Waals surface area (Å²) in [6.07, 6.45) is -1.41. The molecule has 2 N–H and O–H groups in total. The van der Waals surface area contributed by atoms with E-state index < -0.39 is 22.7 Å². The summed E-state index contributed by atoms with van der Waals surface area (Å²) in [6, 6.07) is 11.8. The second-order valence-corrected chi connectivity index (χ2v) is 8.35. The predicted molar refractivity (Wildman–Crippen MR) is 129 cm³/mol. The number of fused-ring (bicyclic) bond motifs is 1. The molecule has 1 amide bonds. The van der Waals surface area contributed by atoms with Crippen molar-refractivity contribution in [2.75, 3.05) is 25.0 Å². The lowest BCUT2D eigenvalue weighted by Gasteiger charge is -2.19. The van der Waals surface area contributed by atoms with E-state index in [1.165, 1.54) is 6.07 Å². The summed E-state index contributed by atoms with van der Waals surface area (Å²) in [5, 5.41) is 5.18. The molecule has 2 aromatic carbocycles. The molecule has 0 saturated heterocycles. The number of pyridine rings is 1. The van der Waals surface area contributed by atoms with Crippen LogP contribution in [0.5, 0.6) is 17.2 Å². The van der Waals surface area contributed by atoms with Crippen LogP contribution in [0, 0.1) is 0 Å². The largest absolute Gasteiger partial charge is 0.488 e. The van der Waals surface area contributed by atoms with Gasteiger partial charge >= 0.3 is 6.18 Å². The number of nitrogens with one attached hydrogen (secondary N) is 2. The van der Waals surface area contributed by atoms with E-state index in [-0.39, 0.29) is 17.9 Å². The van der Waals surface area contributed by atoms with Gasteiger partial charge in [0.1, 0.15) is 35.4 Å². The zero-order valence-electron chi connectivity index (χ0n) is 18.5. The molecule has 0 unspecified atom stereocenters. The van der Waals surface area contributed by atoms with Crippen molar-refractivity contribution < 1.29 is 27.4 Å². The molecule has 0 saturated carbocycles. The summed E-state index contributed by atoms with van der Waals surface area (Å²) in [5.74, 6) is 1.72. The Labute approximate surface area is 208 Å². The number of benzene rings is 2. The van der Waals surface area contributed by atoms with E-state index in [4.69, 9.17) is 21.1 Å². The molecule has 11 heteroatoms. The molecule has 2 aliphatic rings. The van der Waals surface area contributed by atoms with Gasteiger partial charge in [0.05, 0.1) is 22.7 Å². The fourth-order valence-corrected chi connectivity index (χ4v) is 3.92. The Balaban J connectivity index is 1.33. The van der Waals surface area contributed by atoms with E-state index in [0.29, 0.717) is 40.9 Å². The molecule has 1 aromatic heterocycles. The highest BCUT2D eigenvalue weighted by Crippen LogP contribution is 2.37. The number of alkyl halides is 3. The number of hydrogen-bond acceptors (Lipinski definition) is 6. The molecule has 7 nitrogen and oxygen atoms in total. The minimum absolute atomic E-state index is 0.0321. The summed E-state index contributed by atoms with van der Waals surface area (Å²) in [6.45, 7) is 1.41. The maximum Gasteiger partial charge on any atom is 0.417 e. The second-order valence-electron chi connectivity index (χ2n) is 7.94. The Kier molecular flexibility index (Phi) is 6.27. The lowest BCUT2D eigenvalue weighted by molar-refractivity contribution is -0.137. The lowest BCUT2D eigenvalue weighted by Crippen LogP contribution is -2.21. The highest BCUT2D eigenvalue weighted by molar-refractivity contribution is 6.31. The number of aromatic nitrogens is 1. The zero-order valence-corrected chi connectivity index (χ0v) is 19.3. The van der Waals surface area contributed by atoms with Crippen LogP contribution in [0.4, 0.5) is 18.9 Å². The van der Waals surface area contributed by atoms with Crippen molar-refractivity contribution in [1.29, 1.82) is 0 Å². The number of hydrogen-bond donors (Lipinski definition) is 2. The molecule has 0 atom stereocenters. The van der Waals surface area contributed by atoms with Gasteiger partial charge in [-0.25, -0.2) is 0 Å². The molecular weight excluding hydrogens is 497 g/mol. The van der Waals surface area contributed by atoms with E-state index >= 15 is 0 Å². The quantitative estimate of drug-likeness (QED) is 0.482. The predicted octanol–water partition coefficient (Wildman–Crippen LogP) is 5.31. The molecule has 0 aliphatic carbocycles. The van der Waals surface area contributed by atoms with Crippen molar-refractivity contribution in [3.63, 3.8) is 0 Å². The van der Waals surface area contributed by atoms with Crippen LogP contribution in [0.25, 0.3) is 6.08 Å². The number of carbonyl (C=O) groups is 1. The number of amidine groups is 1. The number of carbonyl (C=O) groups excluding carboxylic acids is 1. The third-order valence-corrected chi connectivity index (χ3v) is 5.73. The maximum absolute atomic E-state index is 13.1. The molecule has 3 heterocycles. The fraction of sp³-hybridized carbons (Fsp3) is 0.160. The molecule has 184 valence electrons. The topological polar surface area (TPSA) is 84.8 Å². The average Bonchev–Trinajstić information content (AvgIpc) is 3.39. The molecule has 36 heavy (non-hydrogen) atoms. The number of nitrogens with zero attached hydrogens (tertiary/aromatic N) is 2. The molecule has 5 rings (SSSR count). The van der Waals surface area contributed by atoms with Crippen molar-refractivity contribution in [1.82, 2.24) is 10.3 Å². The highest BCUT2D eigenvalue weighted by Gasteiger charge is 2.33. The number of ether oxygens (including phenoxy) is 2. The van der Waals surface area contributed by atoms with Crippen molar-refractivity contribution in [3.05, 3.63) is 82.1 Å². The van der Waals surface area contributed by atoms with E-state index in [9.17, 15) is 18.0 Å². The van der Waals surface area contributed by atoms with Gasteiger partial charge in [-0.1, -0.05) is 11.6 Å². The Morgan fingerprint density at radius 1 is 1.11 bits per heavy atom. The third-order valence-electron chi connectivity index (χ3n) is 5.40. The molecule has 0 spiro atoms. The van der Waals surface area contributed by atoms with E-state index in [0.717, 1.165) is 18.7 Å². The van der Waals surface area contributed by atoms with E-state index in [2.05, 4.69) is 20.6 Å². The first kappa shape index (κ1) is 23.7. The molecular formula is C25H18ClF3N4O3. The average molecular weight is 515 g/mol. The van der Waals surface area contributed by atoms with Crippen molar-refractivity contribution in [2.24, 2.45) is 4.99 Å². The molecule has 3 aromatic rings. The molecule has 0 radical (unpaired) electrons. The van der Waals surface area contributed by atoms with Crippen LogP contribution in [-0.2, 0) is 11.0 Å². The SMILES string of the molecule is O=C(Nc1ccc(Cl)c(C(F)(F)F)c1)C1=Cc2cc(Oc3ccnc(C4=NCCN4)c3)ccc2OC1. The molecule has 0 bridgehead atoms. The smallest absolute Gasteiger partial charge is 0.417 e. The van der Waals surface area contributed by atoms with Gasteiger partial charge in [0.25, 0.3) is 5.91 Å². The Morgan fingerprint density at radius 3 is 2.72 bits per heavy atom. The minimum atomic E-state index is -4.64. The van der Waals surface area contributed by atoms with Crippen LogP contribution < -0.4 is 20.1 Å². The van der Waals surface area contributed by atoms with E-state index in [1.54, 1.807) is 42.6 Å². The van der Waals surface area contributed by atoms with Crippen LogP contribution in [-0.4, -0.2) is 36.4 Å². The van der Waals surface area contributed by atoms with Crippen molar-refractivity contribution >= 4 is 35.1 Å². The molecule has 0 fully saturated rings. The maximum atomic E-state index is 13.1. The number of anilines is 1. The van der Waals surface area contributed by atoms with Crippen LogP contribution in [0.3, 0.4) is 0 Å². The summed E-state index contributed by atoms with van der Waals surface area (Å²) in [4.78, 5) is 21.4. The van der Waals surface area contributed by atoms with Gasteiger partial charge in [-0.15, -0.1) is 0 Å². The minimum Gasteiger partial charge on any atom is -0.488 e. The van der Waals surface area contributed by atoms with Crippen LogP contribution in [0.1, 0.15) is 16.8 Å². The fourth-order valence-electron chi connectivity index (χ4n) is 3.69. The Morgan fingerprint density at radius 2 is 1.94 bits per heavy atom. The summed E-state index contributed by atoms with van der Waals surface area (Å²) < 4.78 is 51.0. The Hall–Kier alpha value is -4.05. The van der Waals surface area contributed by atoms with Gasteiger partial charge in [0, 0.05) is 30.1 Å². The normalized spacial score (nSPS) is 14.7. The number of rotatable bonds is 5.